The maximum Gasteiger partial charge on any atom is 0.261 e. The quantitative estimate of drug-likeness (QED) is 0.259. The van der Waals surface area contributed by atoms with Crippen molar-refractivity contribution in [1.29, 1.82) is 5.26 Å². The van der Waals surface area contributed by atoms with Crippen LogP contribution < -0.4 is 5.32 Å². The Morgan fingerprint density at radius 3 is 2.45 bits per heavy atom. The molecule has 2 aliphatic rings. The van der Waals surface area contributed by atoms with Crippen molar-refractivity contribution in [2.24, 2.45) is 0 Å². The number of Topliss-reactive ketones (excluding diaryl/α,β-unsaturated/α-hetero) is 1. The second kappa shape index (κ2) is 5.08. The number of imide groups is 1. The summed E-state index contributed by atoms with van der Waals surface area (Å²) in [6.45, 7) is 1.71. The molecule has 1 N–H and O–H groups in total. The normalized spacial score (nSPS) is 23.0. The third kappa shape index (κ3) is 2.06. The van der Waals surface area contributed by atoms with Crippen molar-refractivity contribution in [3.05, 3.63) is 46.5 Å². The van der Waals surface area contributed by atoms with E-state index in [0.29, 0.717) is 17.6 Å². The second-order valence-electron chi connectivity index (χ2n) is 5.27. The molecule has 1 heterocycles. The molecule has 108 valence electrons. The lowest BCUT2D eigenvalue weighted by atomic mass is 9.94. The van der Waals surface area contributed by atoms with Crippen LogP contribution in [0.2, 0.25) is 0 Å². The molecular weight excluding hydrogens is 280 g/mol. The first kappa shape index (κ1) is 14.0. The van der Waals surface area contributed by atoms with Gasteiger partial charge in [0.1, 0.15) is 0 Å². The smallest absolute Gasteiger partial charge is 0.261 e. The number of piperidine rings is 1. The van der Waals surface area contributed by atoms with Crippen molar-refractivity contribution < 1.29 is 14.4 Å². The van der Waals surface area contributed by atoms with Gasteiger partial charge < -0.3 is 0 Å². The Balaban J connectivity index is 2.25. The Labute approximate surface area is 126 Å². The summed E-state index contributed by atoms with van der Waals surface area (Å²) >= 11 is 0. The number of hydrogen-bond acceptors (Lipinski definition) is 4. The van der Waals surface area contributed by atoms with Gasteiger partial charge in [-0.05, 0) is 29.2 Å². The largest absolute Gasteiger partial charge is 0.293 e. The van der Waals surface area contributed by atoms with Gasteiger partial charge in [-0.3, -0.25) is 19.7 Å². The number of carbonyl (C=O) groups excluding carboxylic acids is 3. The highest BCUT2D eigenvalue weighted by atomic mass is 16.2. The van der Waals surface area contributed by atoms with Crippen LogP contribution in [0.4, 0.5) is 0 Å². The summed E-state index contributed by atoms with van der Waals surface area (Å²) in [5, 5.41) is 11.3. The van der Waals surface area contributed by atoms with E-state index in [4.69, 9.17) is 5.26 Å². The molecule has 0 aromatic heterocycles. The molecule has 0 radical (unpaired) electrons. The third-order valence-corrected chi connectivity index (χ3v) is 3.93. The number of nitriles is 1. The van der Waals surface area contributed by atoms with Crippen molar-refractivity contribution in [2.75, 3.05) is 0 Å². The van der Waals surface area contributed by atoms with E-state index in [1.807, 2.05) is 24.3 Å². The second-order valence-corrected chi connectivity index (χ2v) is 5.27. The topological polar surface area (TPSA) is 87.0 Å². The Morgan fingerprint density at radius 1 is 1.14 bits per heavy atom. The molecule has 1 fully saturated rings. The molecule has 3 rings (SSSR count). The highest BCUT2D eigenvalue weighted by Gasteiger charge is 2.35. The number of nitrogens with one attached hydrogen (secondary N) is 1. The fourth-order valence-electron chi connectivity index (χ4n) is 2.90. The first-order valence-corrected chi connectivity index (χ1v) is 6.83. The summed E-state index contributed by atoms with van der Waals surface area (Å²) < 4.78 is 0. The molecular formula is C17H12N2O3. The molecule has 2 amide bonds. The molecule has 0 unspecified atom stereocenters. The van der Waals surface area contributed by atoms with Crippen LogP contribution in [0.25, 0.3) is 11.1 Å². The first-order chi connectivity index (χ1) is 10.5. The minimum atomic E-state index is -0.651. The maximum absolute atomic E-state index is 12.1. The molecule has 0 bridgehead atoms. The molecule has 0 spiro atoms. The van der Waals surface area contributed by atoms with Crippen LogP contribution in [0.1, 0.15) is 30.9 Å². The number of ketones is 1. The monoisotopic (exact) mass is 292 g/mol. The number of carbonyl (C=O) groups is 3. The minimum absolute atomic E-state index is 0.0350. The van der Waals surface area contributed by atoms with Crippen molar-refractivity contribution in [1.82, 2.24) is 5.32 Å². The summed E-state index contributed by atoms with van der Waals surface area (Å²) in [7, 11) is 0. The highest BCUT2D eigenvalue weighted by molar-refractivity contribution is 6.34. The van der Waals surface area contributed by atoms with E-state index in [1.54, 1.807) is 6.92 Å². The summed E-state index contributed by atoms with van der Waals surface area (Å²) in [4.78, 5) is 35.5. The van der Waals surface area contributed by atoms with Crippen LogP contribution in [0.15, 0.2) is 35.4 Å². The van der Waals surface area contributed by atoms with Gasteiger partial charge in [-0.2, -0.15) is 5.26 Å². The Hall–Kier alpha value is -3.00. The van der Waals surface area contributed by atoms with Gasteiger partial charge in [0.25, 0.3) is 5.91 Å². The minimum Gasteiger partial charge on any atom is -0.293 e. The molecule has 0 atom stereocenters. The van der Waals surface area contributed by atoms with E-state index >= 15 is 0 Å². The predicted molar refractivity (Wildman–Crippen MR) is 79.0 cm³/mol. The van der Waals surface area contributed by atoms with E-state index in [1.165, 1.54) is 0 Å². The van der Waals surface area contributed by atoms with Gasteiger partial charge in [0.2, 0.25) is 5.91 Å². The zero-order valence-corrected chi connectivity index (χ0v) is 11.9. The molecule has 1 aliphatic carbocycles. The van der Waals surface area contributed by atoms with Gasteiger partial charge in [0, 0.05) is 12.0 Å². The van der Waals surface area contributed by atoms with Crippen LogP contribution in [0.5, 0.6) is 0 Å². The number of rotatable bonds is 0. The Bertz CT molecular complexity index is 816. The van der Waals surface area contributed by atoms with E-state index in [9.17, 15) is 14.4 Å². The number of benzene rings is 1. The van der Waals surface area contributed by atoms with E-state index in [0.717, 1.165) is 16.7 Å². The molecule has 5 heteroatoms. The van der Waals surface area contributed by atoms with Crippen molar-refractivity contribution in [2.45, 2.75) is 19.8 Å². The average molecular weight is 292 g/mol. The van der Waals surface area contributed by atoms with Crippen LogP contribution in [0.3, 0.4) is 0 Å². The summed E-state index contributed by atoms with van der Waals surface area (Å²) in [6.07, 6.45) is 0.0322. The summed E-state index contributed by atoms with van der Waals surface area (Å²) in [5.41, 5.74) is 3.64. The molecule has 1 aliphatic heterocycles. The SMILES string of the molecule is C/C(C#N)=C1\C/C(=C2\C(=O)CC(=O)NC2=O)c2ccccc21. The van der Waals surface area contributed by atoms with Crippen molar-refractivity contribution in [3.63, 3.8) is 0 Å². The maximum atomic E-state index is 12.1. The molecule has 22 heavy (non-hydrogen) atoms. The summed E-state index contributed by atoms with van der Waals surface area (Å²) in [5.74, 6) is -1.69. The number of allylic oxidation sites excluding steroid dienone is 3. The number of fused-ring (bicyclic) bond motifs is 1. The average Bonchev–Trinajstić information content (AvgIpc) is 2.85. The van der Waals surface area contributed by atoms with Gasteiger partial charge in [0.15, 0.2) is 5.78 Å². The van der Waals surface area contributed by atoms with Crippen LogP contribution >= 0.6 is 0 Å². The first-order valence-electron chi connectivity index (χ1n) is 6.83. The molecule has 0 saturated carbocycles. The number of amides is 2. The van der Waals surface area contributed by atoms with Crippen molar-refractivity contribution in [3.8, 4) is 6.07 Å². The van der Waals surface area contributed by atoms with E-state index < -0.39 is 17.6 Å². The zero-order chi connectivity index (χ0) is 15.9. The third-order valence-electron chi connectivity index (χ3n) is 3.93. The van der Waals surface area contributed by atoms with Crippen LogP contribution in [-0.2, 0) is 14.4 Å². The molecule has 5 nitrogen and oxygen atoms in total. The lowest BCUT2D eigenvalue weighted by Crippen LogP contribution is -2.41. The van der Waals surface area contributed by atoms with Gasteiger partial charge in [-0.25, -0.2) is 0 Å². The van der Waals surface area contributed by atoms with Gasteiger partial charge in [-0.15, -0.1) is 0 Å². The fourth-order valence-corrected chi connectivity index (χ4v) is 2.90. The standard InChI is InChI=1S/C17H12N2O3/c1-9(8-18)12-6-13(11-5-3-2-4-10(11)12)16-14(20)7-15(21)19-17(16)22/h2-5H,6-7H2,1H3,(H,19,21,22)/b12-9-,16-13-. The lowest BCUT2D eigenvalue weighted by molar-refractivity contribution is -0.134. The van der Waals surface area contributed by atoms with E-state index in [-0.39, 0.29) is 12.0 Å². The number of nitrogens with zero attached hydrogens (tertiary/aromatic N) is 1. The van der Waals surface area contributed by atoms with Gasteiger partial charge >= 0.3 is 0 Å². The highest BCUT2D eigenvalue weighted by Crippen LogP contribution is 2.44. The van der Waals surface area contributed by atoms with Crippen molar-refractivity contribution >= 4 is 28.7 Å². The fraction of sp³-hybridized carbons (Fsp3) is 0.176. The zero-order valence-electron chi connectivity index (χ0n) is 11.9. The van der Waals surface area contributed by atoms with Gasteiger partial charge in [-0.1, -0.05) is 24.3 Å². The predicted octanol–water partition coefficient (Wildman–Crippen LogP) is 1.76. The Morgan fingerprint density at radius 2 is 1.82 bits per heavy atom. The van der Waals surface area contributed by atoms with E-state index in [2.05, 4.69) is 11.4 Å². The van der Waals surface area contributed by atoms with Gasteiger partial charge in [0.05, 0.1) is 18.1 Å². The number of hydrogen-bond donors (Lipinski definition) is 1. The molecule has 1 saturated heterocycles. The molecule has 1 aromatic rings. The molecule has 1 aromatic carbocycles. The summed E-state index contributed by atoms with van der Waals surface area (Å²) in [6, 6.07) is 9.48. The Kier molecular flexibility index (Phi) is 3.22. The lowest BCUT2D eigenvalue weighted by Gasteiger charge is -2.15. The van der Waals surface area contributed by atoms with Crippen LogP contribution in [0, 0.1) is 11.3 Å². The van der Waals surface area contributed by atoms with Crippen LogP contribution in [-0.4, -0.2) is 17.6 Å².